The van der Waals surface area contributed by atoms with E-state index in [1.165, 1.54) is 0 Å². The van der Waals surface area contributed by atoms with E-state index in [0.29, 0.717) is 6.61 Å². The Hall–Kier alpha value is -0.430. The first-order valence-electron chi connectivity index (χ1n) is 5.16. The summed E-state index contributed by atoms with van der Waals surface area (Å²) in [5, 5.41) is 4.27. The molecule has 1 atom stereocenters. The molecular formula is C10H19BrN4O. The minimum absolute atomic E-state index is 0.0521. The molecule has 1 aromatic heterocycles. The standard InChI is InChI=1S/C10H19BrN4O/c1-14(2)7-9(12)10-8(11)6-13-15(10)4-5-16-3/h6,9H,4-5,7,12H2,1-3H3. The number of nitrogens with zero attached hydrogens (tertiary/aromatic N) is 3. The molecule has 1 unspecified atom stereocenters. The van der Waals surface area contributed by atoms with Crippen LogP contribution in [0, 0.1) is 0 Å². The van der Waals surface area contributed by atoms with Crippen LogP contribution in [-0.2, 0) is 11.3 Å². The molecule has 1 aromatic rings. The summed E-state index contributed by atoms with van der Waals surface area (Å²) in [6.45, 7) is 2.14. The molecule has 16 heavy (non-hydrogen) atoms. The van der Waals surface area contributed by atoms with Crippen LogP contribution < -0.4 is 5.73 Å². The van der Waals surface area contributed by atoms with Gasteiger partial charge in [0.15, 0.2) is 0 Å². The highest BCUT2D eigenvalue weighted by atomic mass is 79.9. The zero-order chi connectivity index (χ0) is 12.1. The minimum Gasteiger partial charge on any atom is -0.383 e. The second-order valence-corrected chi connectivity index (χ2v) is 4.82. The molecule has 6 heteroatoms. The smallest absolute Gasteiger partial charge is 0.0707 e. The number of halogens is 1. The first-order valence-corrected chi connectivity index (χ1v) is 5.96. The zero-order valence-corrected chi connectivity index (χ0v) is 11.6. The summed E-state index contributed by atoms with van der Waals surface area (Å²) in [5.74, 6) is 0. The van der Waals surface area contributed by atoms with Crippen LogP contribution in [0.5, 0.6) is 0 Å². The van der Waals surface area contributed by atoms with Crippen molar-refractivity contribution in [1.82, 2.24) is 14.7 Å². The van der Waals surface area contributed by atoms with Crippen molar-refractivity contribution in [3.8, 4) is 0 Å². The van der Waals surface area contributed by atoms with Crippen LogP contribution >= 0.6 is 15.9 Å². The van der Waals surface area contributed by atoms with Crippen LogP contribution in [0.15, 0.2) is 10.7 Å². The van der Waals surface area contributed by atoms with Gasteiger partial charge in [-0.3, -0.25) is 4.68 Å². The highest BCUT2D eigenvalue weighted by Crippen LogP contribution is 2.22. The average Bonchev–Trinajstić information content (AvgIpc) is 2.55. The van der Waals surface area contributed by atoms with E-state index >= 15 is 0 Å². The minimum atomic E-state index is -0.0521. The largest absolute Gasteiger partial charge is 0.383 e. The maximum absolute atomic E-state index is 6.14. The fourth-order valence-electron chi connectivity index (χ4n) is 1.58. The van der Waals surface area contributed by atoms with Crippen molar-refractivity contribution in [3.05, 3.63) is 16.4 Å². The van der Waals surface area contributed by atoms with Crippen molar-refractivity contribution in [2.75, 3.05) is 34.4 Å². The number of likely N-dealkylation sites (N-methyl/N-ethyl adjacent to an activating group) is 1. The molecule has 1 heterocycles. The predicted octanol–water partition coefficient (Wildman–Crippen LogP) is 0.853. The number of rotatable bonds is 6. The van der Waals surface area contributed by atoms with E-state index < -0.39 is 0 Å². The van der Waals surface area contributed by atoms with Crippen molar-refractivity contribution in [1.29, 1.82) is 0 Å². The highest BCUT2D eigenvalue weighted by Gasteiger charge is 2.16. The summed E-state index contributed by atoms with van der Waals surface area (Å²) in [6, 6.07) is -0.0521. The zero-order valence-electron chi connectivity index (χ0n) is 9.98. The number of nitrogens with two attached hydrogens (primary N) is 1. The molecule has 0 radical (unpaired) electrons. The molecule has 5 nitrogen and oxygen atoms in total. The Bertz CT molecular complexity index is 327. The third kappa shape index (κ3) is 3.55. The van der Waals surface area contributed by atoms with Crippen LogP contribution in [0.2, 0.25) is 0 Å². The van der Waals surface area contributed by atoms with Gasteiger partial charge in [0.25, 0.3) is 0 Å². The lowest BCUT2D eigenvalue weighted by atomic mass is 10.2. The van der Waals surface area contributed by atoms with E-state index in [1.54, 1.807) is 13.3 Å². The van der Waals surface area contributed by atoms with Crippen LogP contribution in [0.1, 0.15) is 11.7 Å². The van der Waals surface area contributed by atoms with Gasteiger partial charge in [-0.1, -0.05) is 0 Å². The number of hydrogen-bond donors (Lipinski definition) is 1. The molecule has 0 saturated carbocycles. The maximum Gasteiger partial charge on any atom is 0.0707 e. The van der Waals surface area contributed by atoms with Crippen LogP contribution in [0.25, 0.3) is 0 Å². The highest BCUT2D eigenvalue weighted by molar-refractivity contribution is 9.10. The maximum atomic E-state index is 6.14. The molecule has 0 bridgehead atoms. The SMILES string of the molecule is COCCn1ncc(Br)c1C(N)CN(C)C. The molecule has 2 N–H and O–H groups in total. The van der Waals surface area contributed by atoms with Crippen molar-refractivity contribution in [2.45, 2.75) is 12.6 Å². The van der Waals surface area contributed by atoms with Crippen molar-refractivity contribution < 1.29 is 4.74 Å². The van der Waals surface area contributed by atoms with E-state index in [2.05, 4.69) is 25.9 Å². The van der Waals surface area contributed by atoms with E-state index in [1.807, 2.05) is 18.8 Å². The van der Waals surface area contributed by atoms with Gasteiger partial charge < -0.3 is 15.4 Å². The summed E-state index contributed by atoms with van der Waals surface area (Å²) >= 11 is 3.48. The summed E-state index contributed by atoms with van der Waals surface area (Å²) in [5.41, 5.74) is 7.16. The van der Waals surface area contributed by atoms with Crippen molar-refractivity contribution >= 4 is 15.9 Å². The second kappa shape index (κ2) is 6.34. The van der Waals surface area contributed by atoms with Gasteiger partial charge in [0.1, 0.15) is 0 Å². The molecule has 0 aliphatic rings. The number of methoxy groups -OCH3 is 1. The molecule has 0 spiro atoms. The van der Waals surface area contributed by atoms with Gasteiger partial charge in [0, 0.05) is 13.7 Å². The predicted molar refractivity (Wildman–Crippen MR) is 67.3 cm³/mol. The van der Waals surface area contributed by atoms with Crippen LogP contribution in [0.3, 0.4) is 0 Å². The third-order valence-electron chi connectivity index (χ3n) is 2.25. The van der Waals surface area contributed by atoms with E-state index in [9.17, 15) is 0 Å². The van der Waals surface area contributed by atoms with E-state index in [-0.39, 0.29) is 6.04 Å². The molecule has 0 aromatic carbocycles. The molecule has 0 fully saturated rings. The molecule has 1 rings (SSSR count). The van der Waals surface area contributed by atoms with Crippen LogP contribution in [0.4, 0.5) is 0 Å². The van der Waals surface area contributed by atoms with Gasteiger partial charge in [0.2, 0.25) is 0 Å². The van der Waals surface area contributed by atoms with Gasteiger partial charge in [-0.2, -0.15) is 5.10 Å². The number of ether oxygens (including phenoxy) is 1. The second-order valence-electron chi connectivity index (χ2n) is 3.96. The Balaban J connectivity index is 2.79. The fourth-order valence-corrected chi connectivity index (χ4v) is 2.17. The van der Waals surface area contributed by atoms with Gasteiger partial charge in [-0.15, -0.1) is 0 Å². The molecule has 92 valence electrons. The Morgan fingerprint density at radius 3 is 2.88 bits per heavy atom. The van der Waals surface area contributed by atoms with Gasteiger partial charge in [0.05, 0.1) is 35.6 Å². The normalized spacial score (nSPS) is 13.4. The number of hydrogen-bond acceptors (Lipinski definition) is 4. The van der Waals surface area contributed by atoms with E-state index in [0.717, 1.165) is 23.3 Å². The monoisotopic (exact) mass is 290 g/mol. The molecule has 0 aliphatic heterocycles. The van der Waals surface area contributed by atoms with Crippen molar-refractivity contribution in [2.24, 2.45) is 5.73 Å². The van der Waals surface area contributed by atoms with Gasteiger partial charge >= 0.3 is 0 Å². The Morgan fingerprint density at radius 2 is 2.31 bits per heavy atom. The first-order chi connectivity index (χ1) is 7.56. The third-order valence-corrected chi connectivity index (χ3v) is 2.86. The van der Waals surface area contributed by atoms with Crippen molar-refractivity contribution in [3.63, 3.8) is 0 Å². The average molecular weight is 291 g/mol. The Morgan fingerprint density at radius 1 is 1.62 bits per heavy atom. The van der Waals surface area contributed by atoms with E-state index in [4.69, 9.17) is 10.5 Å². The van der Waals surface area contributed by atoms with Crippen LogP contribution in [-0.4, -0.2) is 49.0 Å². The lowest BCUT2D eigenvalue weighted by molar-refractivity contribution is 0.181. The lowest BCUT2D eigenvalue weighted by Gasteiger charge is -2.18. The molecule has 0 aliphatic carbocycles. The first kappa shape index (κ1) is 13.6. The lowest BCUT2D eigenvalue weighted by Crippen LogP contribution is -2.28. The summed E-state index contributed by atoms with van der Waals surface area (Å²) in [6.07, 6.45) is 1.78. The van der Waals surface area contributed by atoms with Gasteiger partial charge in [-0.05, 0) is 30.0 Å². The molecule has 0 amide bonds. The quantitative estimate of drug-likeness (QED) is 0.844. The number of aromatic nitrogens is 2. The molecular weight excluding hydrogens is 272 g/mol. The summed E-state index contributed by atoms with van der Waals surface area (Å²) < 4.78 is 7.89. The summed E-state index contributed by atoms with van der Waals surface area (Å²) in [7, 11) is 5.69. The topological polar surface area (TPSA) is 56.3 Å². The fraction of sp³-hybridized carbons (Fsp3) is 0.700. The van der Waals surface area contributed by atoms with Gasteiger partial charge in [-0.25, -0.2) is 0 Å². The molecule has 0 saturated heterocycles. The Labute approximate surface area is 105 Å². The Kier molecular flexibility index (Phi) is 5.40. The summed E-state index contributed by atoms with van der Waals surface area (Å²) in [4.78, 5) is 2.06.